The first-order valence-corrected chi connectivity index (χ1v) is 11.6. The molecule has 1 atom stereocenters. The van der Waals surface area contributed by atoms with Crippen LogP contribution in [0.4, 0.5) is 0 Å². The maximum absolute atomic E-state index is 13.0. The number of thiophene rings is 1. The van der Waals surface area contributed by atoms with Crippen LogP contribution in [0.25, 0.3) is 0 Å². The lowest BCUT2D eigenvalue weighted by Gasteiger charge is -2.33. The Morgan fingerprint density at radius 2 is 2.00 bits per heavy atom. The largest absolute Gasteiger partial charge is 0.497 e. The number of piperidine rings is 1. The highest BCUT2D eigenvalue weighted by molar-refractivity contribution is 7.89. The van der Waals surface area contributed by atoms with Crippen molar-refractivity contribution in [3.05, 3.63) is 45.6 Å². The molecule has 1 aromatic heterocycles. The third-order valence-electron chi connectivity index (χ3n) is 4.83. The van der Waals surface area contributed by atoms with Crippen molar-refractivity contribution in [2.24, 2.45) is 5.92 Å². The van der Waals surface area contributed by atoms with Crippen molar-refractivity contribution in [1.29, 1.82) is 0 Å². The molecular weight excluding hydrogens is 420 g/mol. The van der Waals surface area contributed by atoms with Crippen molar-refractivity contribution < 1.29 is 17.9 Å². The molecule has 0 bridgehead atoms. The zero-order valence-corrected chi connectivity index (χ0v) is 18.2. The van der Waals surface area contributed by atoms with Crippen molar-refractivity contribution in [2.75, 3.05) is 27.2 Å². The van der Waals surface area contributed by atoms with Crippen LogP contribution in [0, 0.1) is 5.92 Å². The van der Waals surface area contributed by atoms with Crippen LogP contribution < -0.4 is 4.74 Å². The van der Waals surface area contributed by atoms with E-state index in [4.69, 9.17) is 16.3 Å². The lowest BCUT2D eigenvalue weighted by molar-refractivity contribution is -0.135. The molecule has 6 nitrogen and oxygen atoms in total. The number of carbonyl (C=O) groups excluding carboxylic acids is 1. The highest BCUT2D eigenvalue weighted by Crippen LogP contribution is 2.27. The topological polar surface area (TPSA) is 66.9 Å². The summed E-state index contributed by atoms with van der Waals surface area (Å²) in [6.45, 7) is 1.09. The Bertz CT molecular complexity index is 928. The molecule has 0 aliphatic carbocycles. The Kier molecular flexibility index (Phi) is 6.65. The van der Waals surface area contributed by atoms with Gasteiger partial charge in [0, 0.05) is 25.0 Å². The van der Waals surface area contributed by atoms with E-state index in [2.05, 4.69) is 0 Å². The summed E-state index contributed by atoms with van der Waals surface area (Å²) in [5, 5.41) is 0. The number of benzene rings is 1. The van der Waals surface area contributed by atoms with Gasteiger partial charge in [0.1, 0.15) is 5.75 Å². The predicted molar refractivity (Wildman–Crippen MR) is 110 cm³/mol. The summed E-state index contributed by atoms with van der Waals surface area (Å²) in [6, 6.07) is 10.0. The summed E-state index contributed by atoms with van der Waals surface area (Å²) in [7, 11) is -0.367. The lowest BCUT2D eigenvalue weighted by atomic mass is 9.98. The van der Waals surface area contributed by atoms with Gasteiger partial charge in [-0.15, -0.1) is 11.3 Å². The van der Waals surface area contributed by atoms with E-state index >= 15 is 0 Å². The van der Waals surface area contributed by atoms with Crippen molar-refractivity contribution in [3.63, 3.8) is 0 Å². The smallest absolute Gasteiger partial charge is 0.243 e. The SMILES string of the molecule is COc1ccc(S(=O)(=O)N2CCCC(C(=O)N(C)Cc3ccc(Cl)s3)C2)cc1. The highest BCUT2D eigenvalue weighted by Gasteiger charge is 2.34. The summed E-state index contributed by atoms with van der Waals surface area (Å²) in [5.41, 5.74) is 0. The fourth-order valence-corrected chi connectivity index (χ4v) is 5.98. The van der Waals surface area contributed by atoms with E-state index in [9.17, 15) is 13.2 Å². The summed E-state index contributed by atoms with van der Waals surface area (Å²) in [5.74, 6) is 0.210. The van der Waals surface area contributed by atoms with E-state index in [0.717, 1.165) is 4.88 Å². The first kappa shape index (κ1) is 21.1. The van der Waals surface area contributed by atoms with Gasteiger partial charge in [-0.2, -0.15) is 4.31 Å². The summed E-state index contributed by atoms with van der Waals surface area (Å²) >= 11 is 7.39. The molecule has 1 amide bonds. The van der Waals surface area contributed by atoms with Gasteiger partial charge in [0.2, 0.25) is 15.9 Å². The molecule has 1 aliphatic heterocycles. The molecule has 1 fully saturated rings. The van der Waals surface area contributed by atoms with E-state index in [0.29, 0.717) is 36.0 Å². The minimum Gasteiger partial charge on any atom is -0.497 e. The second-order valence-electron chi connectivity index (χ2n) is 6.78. The van der Waals surface area contributed by atoms with E-state index in [1.807, 2.05) is 12.1 Å². The molecule has 1 aliphatic rings. The molecule has 0 spiro atoms. The van der Waals surface area contributed by atoms with Crippen LogP contribution in [-0.4, -0.2) is 50.8 Å². The third-order valence-corrected chi connectivity index (χ3v) is 7.92. The molecule has 28 heavy (non-hydrogen) atoms. The zero-order chi connectivity index (χ0) is 20.3. The molecule has 0 saturated carbocycles. The van der Waals surface area contributed by atoms with Gasteiger partial charge >= 0.3 is 0 Å². The maximum atomic E-state index is 13.0. The van der Waals surface area contributed by atoms with E-state index < -0.39 is 10.0 Å². The molecule has 1 unspecified atom stereocenters. The van der Waals surface area contributed by atoms with Gasteiger partial charge in [-0.05, 0) is 49.2 Å². The number of halogens is 1. The Morgan fingerprint density at radius 1 is 1.29 bits per heavy atom. The fourth-order valence-electron chi connectivity index (χ4n) is 3.32. The lowest BCUT2D eigenvalue weighted by Crippen LogP contribution is -2.45. The summed E-state index contributed by atoms with van der Waals surface area (Å²) < 4.78 is 33.1. The maximum Gasteiger partial charge on any atom is 0.243 e. The average Bonchev–Trinajstić information content (AvgIpc) is 3.12. The average molecular weight is 443 g/mol. The van der Waals surface area contributed by atoms with Gasteiger partial charge in [0.15, 0.2) is 0 Å². The predicted octanol–water partition coefficient (Wildman–Crippen LogP) is 3.47. The first-order chi connectivity index (χ1) is 13.3. The molecule has 0 N–H and O–H groups in total. The number of hydrogen-bond donors (Lipinski definition) is 0. The second kappa shape index (κ2) is 8.82. The van der Waals surface area contributed by atoms with Crippen LogP contribution in [0.3, 0.4) is 0 Å². The molecule has 152 valence electrons. The molecule has 2 heterocycles. The molecule has 1 saturated heterocycles. The first-order valence-electron chi connectivity index (χ1n) is 8.94. The second-order valence-corrected chi connectivity index (χ2v) is 10.5. The van der Waals surface area contributed by atoms with Crippen LogP contribution in [0.15, 0.2) is 41.3 Å². The van der Waals surface area contributed by atoms with Crippen molar-refractivity contribution in [2.45, 2.75) is 24.3 Å². The Labute approximate surface area is 174 Å². The van der Waals surface area contributed by atoms with Gasteiger partial charge in [-0.3, -0.25) is 4.79 Å². The van der Waals surface area contributed by atoms with Crippen molar-refractivity contribution >= 4 is 38.9 Å². The normalized spacial score (nSPS) is 18.0. The number of amides is 1. The monoisotopic (exact) mass is 442 g/mol. The molecular formula is C19H23ClN2O4S2. The van der Waals surface area contributed by atoms with Crippen LogP contribution in [0.1, 0.15) is 17.7 Å². The van der Waals surface area contributed by atoms with E-state index in [1.54, 1.807) is 24.1 Å². The number of hydrogen-bond acceptors (Lipinski definition) is 5. The minimum absolute atomic E-state index is 0.0425. The molecule has 1 aromatic carbocycles. The summed E-state index contributed by atoms with van der Waals surface area (Å²) in [6.07, 6.45) is 1.34. The van der Waals surface area contributed by atoms with Crippen molar-refractivity contribution in [1.82, 2.24) is 9.21 Å². The number of rotatable bonds is 6. The number of sulfonamides is 1. The molecule has 0 radical (unpaired) electrons. The quantitative estimate of drug-likeness (QED) is 0.687. The summed E-state index contributed by atoms with van der Waals surface area (Å²) in [4.78, 5) is 15.7. The van der Waals surface area contributed by atoms with E-state index in [1.165, 1.54) is 34.9 Å². The van der Waals surface area contributed by atoms with Gasteiger partial charge < -0.3 is 9.64 Å². The Morgan fingerprint density at radius 3 is 2.61 bits per heavy atom. The van der Waals surface area contributed by atoms with Gasteiger partial charge in [-0.1, -0.05) is 11.6 Å². The van der Waals surface area contributed by atoms with Gasteiger partial charge in [0.25, 0.3) is 0 Å². The standard InChI is InChI=1S/C19H23ClN2O4S2/c1-21(13-16-7-10-18(20)27-16)19(23)14-4-3-11-22(12-14)28(24,25)17-8-5-15(26-2)6-9-17/h5-10,14H,3-4,11-13H2,1-2H3. The molecule has 9 heteroatoms. The fraction of sp³-hybridized carbons (Fsp3) is 0.421. The molecule has 2 aromatic rings. The van der Waals surface area contributed by atoms with Crippen LogP contribution in [0.2, 0.25) is 4.34 Å². The van der Waals surface area contributed by atoms with Crippen LogP contribution >= 0.6 is 22.9 Å². The number of ether oxygens (including phenoxy) is 1. The zero-order valence-electron chi connectivity index (χ0n) is 15.8. The third kappa shape index (κ3) is 4.68. The van der Waals surface area contributed by atoms with Crippen LogP contribution in [-0.2, 0) is 21.4 Å². The minimum atomic E-state index is -3.64. The van der Waals surface area contributed by atoms with Gasteiger partial charge in [0.05, 0.1) is 28.8 Å². The van der Waals surface area contributed by atoms with E-state index in [-0.39, 0.29) is 23.3 Å². The number of methoxy groups -OCH3 is 1. The number of carbonyl (C=O) groups is 1. The molecule has 3 rings (SSSR count). The Balaban J connectivity index is 1.69. The highest BCUT2D eigenvalue weighted by atomic mass is 35.5. The van der Waals surface area contributed by atoms with Gasteiger partial charge in [-0.25, -0.2) is 8.42 Å². The van der Waals surface area contributed by atoms with Crippen molar-refractivity contribution in [3.8, 4) is 5.75 Å². The Hall–Kier alpha value is -1.61. The van der Waals surface area contributed by atoms with Crippen LogP contribution in [0.5, 0.6) is 5.75 Å². The number of nitrogens with zero attached hydrogens (tertiary/aromatic N) is 2.